The lowest BCUT2D eigenvalue weighted by atomic mass is 9.93. The van der Waals surface area contributed by atoms with Crippen molar-refractivity contribution >= 4 is 16.8 Å². The lowest BCUT2D eigenvalue weighted by Crippen LogP contribution is -2.50. The van der Waals surface area contributed by atoms with Crippen LogP contribution in [0.4, 0.5) is 0 Å². The van der Waals surface area contributed by atoms with E-state index in [0.717, 1.165) is 25.2 Å². The molecule has 1 fully saturated rings. The van der Waals surface area contributed by atoms with Crippen LogP contribution in [0.2, 0.25) is 0 Å². The Hall–Kier alpha value is -2.63. The van der Waals surface area contributed by atoms with E-state index in [2.05, 4.69) is 26.9 Å². The summed E-state index contributed by atoms with van der Waals surface area (Å²) in [6, 6.07) is 4.15. The first kappa shape index (κ1) is 14.0. The minimum absolute atomic E-state index is 0.0689. The first-order valence-electron chi connectivity index (χ1n) is 7.78. The van der Waals surface area contributed by atoms with Gasteiger partial charge < -0.3 is 9.47 Å². The van der Waals surface area contributed by atoms with Gasteiger partial charge in [0.2, 0.25) is 0 Å². The third-order valence-corrected chi connectivity index (χ3v) is 4.54. The third kappa shape index (κ3) is 2.40. The molecule has 3 aromatic heterocycles. The molecule has 0 aliphatic carbocycles. The van der Waals surface area contributed by atoms with Gasteiger partial charge in [0.1, 0.15) is 0 Å². The Morgan fingerprint density at radius 3 is 2.87 bits per heavy atom. The number of rotatable bonds is 3. The zero-order chi connectivity index (χ0) is 16.0. The van der Waals surface area contributed by atoms with E-state index in [-0.39, 0.29) is 5.91 Å². The van der Waals surface area contributed by atoms with Crippen molar-refractivity contribution in [1.82, 2.24) is 24.2 Å². The highest BCUT2D eigenvalue weighted by atomic mass is 16.2. The lowest BCUT2D eigenvalue weighted by Gasteiger charge is -2.39. The van der Waals surface area contributed by atoms with Crippen molar-refractivity contribution in [1.29, 1.82) is 0 Å². The second-order valence-electron chi connectivity index (χ2n) is 6.31. The second-order valence-corrected chi connectivity index (χ2v) is 6.31. The van der Waals surface area contributed by atoms with Gasteiger partial charge in [-0.05, 0) is 24.5 Å². The van der Waals surface area contributed by atoms with Gasteiger partial charge in [-0.1, -0.05) is 0 Å². The molecule has 0 aromatic carbocycles. The number of hydrogen-bond donors (Lipinski definition) is 0. The summed E-state index contributed by atoms with van der Waals surface area (Å²) >= 11 is 0. The summed E-state index contributed by atoms with van der Waals surface area (Å²) in [6.45, 7) is 1.58. The van der Waals surface area contributed by atoms with E-state index in [0.29, 0.717) is 11.5 Å². The van der Waals surface area contributed by atoms with Crippen LogP contribution in [-0.4, -0.2) is 43.2 Å². The summed E-state index contributed by atoms with van der Waals surface area (Å²) < 4.78 is 3.78. The van der Waals surface area contributed by atoms with Gasteiger partial charge in [0.15, 0.2) is 0 Å². The van der Waals surface area contributed by atoms with E-state index in [4.69, 9.17) is 0 Å². The Labute approximate surface area is 134 Å². The molecule has 3 aromatic rings. The number of aromatic nitrogens is 4. The molecule has 0 spiro atoms. The number of fused-ring (bicyclic) bond motifs is 1. The molecule has 0 radical (unpaired) electrons. The molecule has 0 bridgehead atoms. The van der Waals surface area contributed by atoms with Crippen LogP contribution in [0.25, 0.3) is 10.9 Å². The van der Waals surface area contributed by atoms with Gasteiger partial charge >= 0.3 is 0 Å². The van der Waals surface area contributed by atoms with Gasteiger partial charge in [0.05, 0.1) is 23.0 Å². The van der Waals surface area contributed by atoms with Crippen molar-refractivity contribution in [3.8, 4) is 0 Å². The number of aryl methyl sites for hydroxylation is 2. The molecule has 118 valence electrons. The molecule has 0 atom stereocenters. The molecular formula is C17H19N5O. The maximum absolute atomic E-state index is 12.3. The topological polar surface area (TPSA) is 56.0 Å². The zero-order valence-corrected chi connectivity index (χ0v) is 13.3. The number of amides is 1. The van der Waals surface area contributed by atoms with Crippen molar-refractivity contribution in [2.45, 2.75) is 6.42 Å². The van der Waals surface area contributed by atoms with Gasteiger partial charge in [-0.3, -0.25) is 14.5 Å². The average molecular weight is 309 g/mol. The van der Waals surface area contributed by atoms with Crippen LogP contribution >= 0.6 is 0 Å². The van der Waals surface area contributed by atoms with Crippen LogP contribution in [0, 0.1) is 5.92 Å². The molecule has 4 rings (SSSR count). The molecule has 4 heterocycles. The number of nitrogens with zero attached hydrogens (tertiary/aromatic N) is 5. The largest absolute Gasteiger partial charge is 0.349 e. The molecule has 23 heavy (non-hydrogen) atoms. The minimum Gasteiger partial charge on any atom is -0.349 e. The number of carbonyl (C=O) groups excluding carboxylic acids is 1. The molecule has 6 heteroatoms. The van der Waals surface area contributed by atoms with Crippen molar-refractivity contribution in [2.75, 3.05) is 13.1 Å². The van der Waals surface area contributed by atoms with Gasteiger partial charge in [0, 0.05) is 51.2 Å². The molecule has 6 nitrogen and oxygen atoms in total. The van der Waals surface area contributed by atoms with E-state index in [1.807, 2.05) is 31.3 Å². The molecular weight excluding hydrogens is 290 g/mol. The Balaban J connectivity index is 1.44. The predicted molar refractivity (Wildman–Crippen MR) is 87.0 cm³/mol. The fourth-order valence-electron chi connectivity index (χ4n) is 3.32. The second kappa shape index (κ2) is 5.22. The molecule has 1 amide bonds. The number of carbonyl (C=O) groups is 1. The monoisotopic (exact) mass is 309 g/mol. The number of pyridine rings is 1. The number of hydrogen-bond acceptors (Lipinski definition) is 3. The zero-order valence-electron chi connectivity index (χ0n) is 13.3. The van der Waals surface area contributed by atoms with E-state index < -0.39 is 0 Å². The highest BCUT2D eigenvalue weighted by Crippen LogP contribution is 2.25. The lowest BCUT2D eigenvalue weighted by molar-refractivity contribution is 0.0500. The van der Waals surface area contributed by atoms with Crippen molar-refractivity contribution in [2.24, 2.45) is 20.0 Å². The normalized spacial score (nSPS) is 15.1. The molecule has 1 saturated heterocycles. The van der Waals surface area contributed by atoms with Crippen LogP contribution in [0.3, 0.4) is 0 Å². The molecule has 0 unspecified atom stereocenters. The Morgan fingerprint density at radius 1 is 1.30 bits per heavy atom. The van der Waals surface area contributed by atoms with Crippen molar-refractivity contribution < 1.29 is 4.79 Å². The fourth-order valence-corrected chi connectivity index (χ4v) is 3.32. The third-order valence-electron chi connectivity index (χ3n) is 4.54. The van der Waals surface area contributed by atoms with E-state index in [9.17, 15) is 4.79 Å². The van der Waals surface area contributed by atoms with Crippen molar-refractivity contribution in [3.05, 3.63) is 48.2 Å². The van der Waals surface area contributed by atoms with Crippen LogP contribution in [0.5, 0.6) is 0 Å². The summed E-state index contributed by atoms with van der Waals surface area (Å²) in [7, 11) is 3.87. The Kier molecular flexibility index (Phi) is 3.18. The highest BCUT2D eigenvalue weighted by Gasteiger charge is 2.32. The minimum atomic E-state index is 0.0689. The van der Waals surface area contributed by atoms with Crippen LogP contribution in [0.15, 0.2) is 36.9 Å². The van der Waals surface area contributed by atoms with Gasteiger partial charge in [-0.15, -0.1) is 0 Å². The van der Waals surface area contributed by atoms with E-state index >= 15 is 0 Å². The molecule has 0 saturated carbocycles. The smallest absolute Gasteiger partial charge is 0.257 e. The van der Waals surface area contributed by atoms with Crippen molar-refractivity contribution in [3.63, 3.8) is 0 Å². The van der Waals surface area contributed by atoms with Crippen LogP contribution in [0.1, 0.15) is 16.1 Å². The number of likely N-dealkylation sites (tertiary alicyclic amines) is 1. The first-order chi connectivity index (χ1) is 11.1. The quantitative estimate of drug-likeness (QED) is 0.739. The van der Waals surface area contributed by atoms with Gasteiger partial charge in [-0.25, -0.2) is 0 Å². The SMILES string of the molecule is Cn1cc(C(=O)N2CC(Cc3nccc4ccn(C)c34)C2)cn1. The summed E-state index contributed by atoms with van der Waals surface area (Å²) in [5, 5.41) is 5.28. The summed E-state index contributed by atoms with van der Waals surface area (Å²) in [5.41, 5.74) is 2.98. The standard InChI is InChI=1S/C17H19N5O/c1-20-6-4-13-3-5-18-15(16(13)20)7-12-9-22(10-12)17(23)14-8-19-21(2)11-14/h3-6,8,11-12H,7,9-10H2,1-2H3. The molecule has 0 N–H and O–H groups in total. The maximum Gasteiger partial charge on any atom is 0.257 e. The predicted octanol–water partition coefficient (Wildman–Crippen LogP) is 1.62. The summed E-state index contributed by atoms with van der Waals surface area (Å²) in [4.78, 5) is 18.8. The molecule has 1 aliphatic rings. The van der Waals surface area contributed by atoms with Crippen LogP contribution in [-0.2, 0) is 20.5 Å². The maximum atomic E-state index is 12.3. The fraction of sp³-hybridized carbons (Fsp3) is 0.353. The average Bonchev–Trinajstić information content (AvgIpc) is 3.09. The first-order valence-corrected chi connectivity index (χ1v) is 7.78. The Morgan fingerprint density at radius 2 is 2.13 bits per heavy atom. The highest BCUT2D eigenvalue weighted by molar-refractivity contribution is 5.94. The summed E-state index contributed by atoms with van der Waals surface area (Å²) in [5.74, 6) is 0.544. The molecule has 1 aliphatic heterocycles. The Bertz CT molecular complexity index is 872. The summed E-state index contributed by atoms with van der Waals surface area (Å²) in [6.07, 6.45) is 8.24. The van der Waals surface area contributed by atoms with Gasteiger partial charge in [-0.2, -0.15) is 5.10 Å². The van der Waals surface area contributed by atoms with Crippen LogP contribution < -0.4 is 0 Å². The van der Waals surface area contributed by atoms with Gasteiger partial charge in [0.25, 0.3) is 5.91 Å². The van der Waals surface area contributed by atoms with E-state index in [1.54, 1.807) is 17.1 Å². The van der Waals surface area contributed by atoms with E-state index in [1.165, 1.54) is 10.9 Å².